The lowest BCUT2D eigenvalue weighted by Crippen LogP contribution is -2.44. The Labute approximate surface area is 98.2 Å². The van der Waals surface area contributed by atoms with Gasteiger partial charge >= 0.3 is 0 Å². The van der Waals surface area contributed by atoms with Crippen molar-refractivity contribution in [2.45, 2.75) is 45.7 Å². The minimum atomic E-state index is 0.509. The number of hydrogen-bond donors (Lipinski definition) is 1. The molecule has 4 unspecified atom stereocenters. The Morgan fingerprint density at radius 1 is 1.38 bits per heavy atom. The molecular weight excluding hydrogens is 198 g/mol. The molecule has 0 amide bonds. The molecule has 0 aliphatic heterocycles. The van der Waals surface area contributed by atoms with Crippen LogP contribution >= 0.6 is 0 Å². The Morgan fingerprint density at radius 3 is 2.69 bits per heavy atom. The summed E-state index contributed by atoms with van der Waals surface area (Å²) in [7, 11) is 2.07. The van der Waals surface area contributed by atoms with Gasteiger partial charge in [0, 0.05) is 12.2 Å². The van der Waals surface area contributed by atoms with Crippen LogP contribution in [0.25, 0.3) is 0 Å². The van der Waals surface area contributed by atoms with Crippen molar-refractivity contribution < 1.29 is 0 Å². The zero-order valence-electron chi connectivity index (χ0n) is 10.8. The molecular formula is C13H23N3. The molecule has 1 fully saturated rings. The van der Waals surface area contributed by atoms with Gasteiger partial charge in [0.1, 0.15) is 0 Å². The molecule has 1 N–H and O–H groups in total. The molecule has 1 aromatic rings. The zero-order valence-corrected chi connectivity index (χ0v) is 10.8. The maximum absolute atomic E-state index is 4.58. The van der Waals surface area contributed by atoms with Gasteiger partial charge in [-0.25, -0.2) is 0 Å². The highest BCUT2D eigenvalue weighted by Crippen LogP contribution is 2.36. The Kier molecular flexibility index (Phi) is 3.33. The van der Waals surface area contributed by atoms with Crippen LogP contribution in [0.1, 0.15) is 38.4 Å². The van der Waals surface area contributed by atoms with Crippen molar-refractivity contribution in [2.75, 3.05) is 7.05 Å². The van der Waals surface area contributed by atoms with E-state index in [1.165, 1.54) is 12.8 Å². The predicted octanol–water partition coefficient (Wildman–Crippen LogP) is 2.39. The van der Waals surface area contributed by atoms with Crippen LogP contribution in [0.15, 0.2) is 12.3 Å². The summed E-state index contributed by atoms with van der Waals surface area (Å²) < 4.78 is 2.16. The molecule has 3 heteroatoms. The van der Waals surface area contributed by atoms with E-state index in [4.69, 9.17) is 0 Å². The van der Waals surface area contributed by atoms with Crippen LogP contribution in [0.4, 0.5) is 0 Å². The Morgan fingerprint density at radius 2 is 2.12 bits per heavy atom. The quantitative estimate of drug-likeness (QED) is 0.831. The molecule has 2 rings (SSSR count). The average Bonchev–Trinajstić information content (AvgIpc) is 2.63. The smallest absolute Gasteiger partial charge is 0.0697 e. The number of nitrogens with one attached hydrogen (secondary N) is 1. The van der Waals surface area contributed by atoms with Crippen LogP contribution in [0.3, 0.4) is 0 Å². The lowest BCUT2D eigenvalue weighted by molar-refractivity contribution is 0.148. The topological polar surface area (TPSA) is 29.9 Å². The van der Waals surface area contributed by atoms with Crippen molar-refractivity contribution in [3.8, 4) is 0 Å². The molecule has 3 nitrogen and oxygen atoms in total. The van der Waals surface area contributed by atoms with Crippen LogP contribution < -0.4 is 5.32 Å². The van der Waals surface area contributed by atoms with E-state index in [1.807, 2.05) is 0 Å². The monoisotopic (exact) mass is 221 g/mol. The molecule has 0 aromatic carbocycles. The van der Waals surface area contributed by atoms with Gasteiger partial charge in [-0.15, -0.1) is 0 Å². The number of hydrogen-bond acceptors (Lipinski definition) is 2. The van der Waals surface area contributed by atoms with Gasteiger partial charge in [-0.3, -0.25) is 4.68 Å². The average molecular weight is 221 g/mol. The fraction of sp³-hybridized carbons (Fsp3) is 0.769. The third-order valence-electron chi connectivity index (χ3n) is 3.84. The summed E-state index contributed by atoms with van der Waals surface area (Å²) in [5.41, 5.74) is 1.11. The van der Waals surface area contributed by atoms with Crippen LogP contribution in [-0.4, -0.2) is 22.9 Å². The van der Waals surface area contributed by atoms with Gasteiger partial charge < -0.3 is 5.32 Å². The second-order valence-electron chi connectivity index (χ2n) is 5.38. The zero-order chi connectivity index (χ0) is 11.7. The lowest BCUT2D eigenvalue weighted by atomic mass is 9.76. The third-order valence-corrected chi connectivity index (χ3v) is 3.84. The van der Waals surface area contributed by atoms with E-state index < -0.39 is 0 Å². The maximum atomic E-state index is 4.58. The largest absolute Gasteiger partial charge is 0.315 e. The number of aromatic nitrogens is 2. The predicted molar refractivity (Wildman–Crippen MR) is 66.4 cm³/mol. The summed E-state index contributed by atoms with van der Waals surface area (Å²) in [5.74, 6) is 1.51. The summed E-state index contributed by atoms with van der Waals surface area (Å²) in [6.45, 7) is 6.76. The first-order valence-corrected chi connectivity index (χ1v) is 6.31. The molecule has 1 saturated carbocycles. The highest BCUT2D eigenvalue weighted by molar-refractivity contribution is 4.99. The summed E-state index contributed by atoms with van der Waals surface area (Å²) in [5, 5.41) is 8.05. The first-order chi connectivity index (χ1) is 7.61. The van der Waals surface area contributed by atoms with E-state index in [0.717, 1.165) is 11.6 Å². The molecule has 16 heavy (non-hydrogen) atoms. The molecule has 1 aliphatic rings. The van der Waals surface area contributed by atoms with Gasteiger partial charge in [0.05, 0.1) is 11.7 Å². The molecule has 0 radical (unpaired) electrons. The number of aryl methyl sites for hydroxylation is 1. The van der Waals surface area contributed by atoms with E-state index in [-0.39, 0.29) is 0 Å². The van der Waals surface area contributed by atoms with E-state index in [1.54, 1.807) is 0 Å². The molecule has 1 heterocycles. The molecule has 4 atom stereocenters. The number of nitrogens with zero attached hydrogens (tertiary/aromatic N) is 2. The highest BCUT2D eigenvalue weighted by atomic mass is 15.3. The van der Waals surface area contributed by atoms with E-state index in [2.05, 4.69) is 55.2 Å². The maximum Gasteiger partial charge on any atom is 0.0697 e. The van der Waals surface area contributed by atoms with Crippen LogP contribution in [-0.2, 0) is 0 Å². The fourth-order valence-corrected chi connectivity index (χ4v) is 3.17. The van der Waals surface area contributed by atoms with Crippen molar-refractivity contribution in [1.82, 2.24) is 15.1 Å². The van der Waals surface area contributed by atoms with Gasteiger partial charge in [0.15, 0.2) is 0 Å². The van der Waals surface area contributed by atoms with Gasteiger partial charge in [0.25, 0.3) is 0 Å². The summed E-state index contributed by atoms with van der Waals surface area (Å²) in [4.78, 5) is 0. The van der Waals surface area contributed by atoms with Gasteiger partial charge in [-0.2, -0.15) is 5.10 Å². The number of rotatable bonds is 2. The first kappa shape index (κ1) is 11.6. The Bertz CT molecular complexity index is 345. The van der Waals surface area contributed by atoms with Crippen molar-refractivity contribution in [3.63, 3.8) is 0 Å². The summed E-state index contributed by atoms with van der Waals surface area (Å²) in [6.07, 6.45) is 4.68. The Balaban J connectivity index is 2.23. The van der Waals surface area contributed by atoms with E-state index in [9.17, 15) is 0 Å². The molecule has 0 spiro atoms. The third kappa shape index (κ3) is 2.14. The van der Waals surface area contributed by atoms with Crippen molar-refractivity contribution in [3.05, 3.63) is 18.0 Å². The van der Waals surface area contributed by atoms with Crippen molar-refractivity contribution in [2.24, 2.45) is 11.8 Å². The minimum Gasteiger partial charge on any atom is -0.315 e. The molecule has 1 aliphatic carbocycles. The van der Waals surface area contributed by atoms with Crippen LogP contribution in [0.5, 0.6) is 0 Å². The van der Waals surface area contributed by atoms with Gasteiger partial charge in [0.2, 0.25) is 0 Å². The lowest BCUT2D eigenvalue weighted by Gasteiger charge is -2.39. The second-order valence-corrected chi connectivity index (χ2v) is 5.38. The van der Waals surface area contributed by atoms with Crippen molar-refractivity contribution >= 4 is 0 Å². The highest BCUT2D eigenvalue weighted by Gasteiger charge is 2.34. The van der Waals surface area contributed by atoms with E-state index in [0.29, 0.717) is 18.0 Å². The van der Waals surface area contributed by atoms with Crippen LogP contribution in [0, 0.1) is 18.8 Å². The minimum absolute atomic E-state index is 0.509. The Hall–Kier alpha value is -0.830. The molecule has 0 saturated heterocycles. The second kappa shape index (κ2) is 4.58. The molecule has 0 bridgehead atoms. The number of likely N-dealkylation sites (N-methyl/N-ethyl adjacent to an activating group) is 1. The van der Waals surface area contributed by atoms with E-state index >= 15 is 0 Å². The molecule has 1 aromatic heterocycles. The normalized spacial score (nSPS) is 35.2. The fourth-order valence-electron chi connectivity index (χ4n) is 3.17. The first-order valence-electron chi connectivity index (χ1n) is 6.31. The van der Waals surface area contributed by atoms with Gasteiger partial charge in [-0.05, 0) is 44.7 Å². The summed E-state index contributed by atoms with van der Waals surface area (Å²) in [6, 6.07) is 3.16. The van der Waals surface area contributed by atoms with Gasteiger partial charge in [-0.1, -0.05) is 13.8 Å². The summed E-state index contributed by atoms with van der Waals surface area (Å²) >= 11 is 0. The SMILES string of the molecule is CNC1CC(C)CC(C)C1n1ccc(C)n1. The standard InChI is InChI=1S/C13H23N3/c1-9-7-10(2)13(12(8-9)14-4)16-6-5-11(3)15-16/h5-6,9-10,12-14H,7-8H2,1-4H3. The van der Waals surface area contributed by atoms with Crippen LogP contribution in [0.2, 0.25) is 0 Å². The van der Waals surface area contributed by atoms with Crippen molar-refractivity contribution in [1.29, 1.82) is 0 Å². The molecule has 90 valence electrons.